The van der Waals surface area contributed by atoms with Crippen molar-refractivity contribution in [2.75, 3.05) is 0 Å². The number of rotatable bonds is 2. The first kappa shape index (κ1) is 13.6. The monoisotopic (exact) mass is 347 g/mol. The molecule has 16 heavy (non-hydrogen) atoms. The SMILES string of the molecule is O=S(=O)(O)Sc1cccc2ncccc12.[Pd]. The van der Waals surface area contributed by atoms with Crippen molar-refractivity contribution in [2.45, 2.75) is 4.90 Å². The molecule has 7 heteroatoms. The van der Waals surface area contributed by atoms with Gasteiger partial charge in [0.2, 0.25) is 0 Å². The standard InChI is InChI=1S/C9H7NO3S2.Pd/c11-15(12,13)14-9-5-1-4-8-7(9)3-2-6-10-8;/h1-6H,(H,11,12,13);. The summed E-state index contributed by atoms with van der Waals surface area (Å²) in [4.78, 5) is 4.56. The zero-order valence-corrected chi connectivity index (χ0v) is 11.0. The second kappa shape index (κ2) is 5.26. The van der Waals surface area contributed by atoms with E-state index in [9.17, 15) is 8.42 Å². The van der Waals surface area contributed by atoms with Gasteiger partial charge in [0, 0.05) is 47.7 Å². The molecule has 0 saturated carbocycles. The van der Waals surface area contributed by atoms with Crippen LogP contribution in [0, 0.1) is 0 Å². The summed E-state index contributed by atoms with van der Waals surface area (Å²) in [6.07, 6.45) is 1.63. The van der Waals surface area contributed by atoms with E-state index in [1.807, 2.05) is 0 Å². The zero-order chi connectivity index (χ0) is 10.9. The van der Waals surface area contributed by atoms with Crippen LogP contribution >= 0.6 is 10.8 Å². The quantitative estimate of drug-likeness (QED) is 0.512. The largest absolute Gasteiger partial charge is 0.324 e. The first-order chi connectivity index (χ1) is 7.06. The van der Waals surface area contributed by atoms with Crippen molar-refractivity contribution in [3.8, 4) is 0 Å². The van der Waals surface area contributed by atoms with Crippen LogP contribution in [0.3, 0.4) is 0 Å². The Morgan fingerprint density at radius 2 is 1.94 bits per heavy atom. The van der Waals surface area contributed by atoms with Crippen LogP contribution in [0.1, 0.15) is 0 Å². The van der Waals surface area contributed by atoms with Gasteiger partial charge in [-0.3, -0.25) is 9.54 Å². The van der Waals surface area contributed by atoms with E-state index in [1.165, 1.54) is 0 Å². The molecule has 0 bridgehead atoms. The van der Waals surface area contributed by atoms with Gasteiger partial charge in [0.25, 0.3) is 0 Å². The van der Waals surface area contributed by atoms with Crippen LogP contribution in [0.4, 0.5) is 0 Å². The van der Waals surface area contributed by atoms with E-state index in [-0.39, 0.29) is 20.4 Å². The minimum atomic E-state index is -4.08. The maximum atomic E-state index is 10.7. The summed E-state index contributed by atoms with van der Waals surface area (Å²) in [5.41, 5.74) is 0.700. The van der Waals surface area contributed by atoms with Crippen LogP contribution < -0.4 is 0 Å². The molecule has 88 valence electrons. The van der Waals surface area contributed by atoms with Crippen LogP contribution in [0.5, 0.6) is 0 Å². The fourth-order valence-electron chi connectivity index (χ4n) is 1.26. The number of pyridine rings is 1. The van der Waals surface area contributed by atoms with Gasteiger partial charge in [-0.25, -0.2) is 0 Å². The Kier molecular flexibility index (Phi) is 4.47. The van der Waals surface area contributed by atoms with Gasteiger partial charge in [0.15, 0.2) is 0 Å². The van der Waals surface area contributed by atoms with Crippen LogP contribution in [0.25, 0.3) is 10.9 Å². The van der Waals surface area contributed by atoms with E-state index < -0.39 is 9.15 Å². The molecular weight excluding hydrogens is 341 g/mol. The molecule has 2 aromatic rings. The number of nitrogens with zero attached hydrogens (tertiary/aromatic N) is 1. The summed E-state index contributed by atoms with van der Waals surface area (Å²) >= 11 is 0. The van der Waals surface area contributed by atoms with Crippen molar-refractivity contribution in [2.24, 2.45) is 0 Å². The van der Waals surface area contributed by atoms with Crippen molar-refractivity contribution < 1.29 is 33.4 Å². The fraction of sp³-hybridized carbons (Fsp3) is 0. The summed E-state index contributed by atoms with van der Waals surface area (Å²) in [7, 11) is -3.66. The second-order valence-electron chi connectivity index (χ2n) is 2.84. The van der Waals surface area contributed by atoms with E-state index in [2.05, 4.69) is 4.98 Å². The molecule has 1 heterocycles. The summed E-state index contributed by atoms with van der Waals surface area (Å²) in [5.74, 6) is 0. The molecule has 0 aliphatic rings. The van der Waals surface area contributed by atoms with E-state index >= 15 is 0 Å². The number of fused-ring (bicyclic) bond motifs is 1. The van der Waals surface area contributed by atoms with Gasteiger partial charge in [0.1, 0.15) is 0 Å². The fourth-order valence-corrected chi connectivity index (χ4v) is 3.00. The molecule has 4 nitrogen and oxygen atoms in total. The maximum Gasteiger partial charge on any atom is 0.324 e. The van der Waals surface area contributed by atoms with Gasteiger partial charge in [-0.1, -0.05) is 12.1 Å². The molecule has 0 saturated heterocycles. The number of hydrogen-bond acceptors (Lipinski definition) is 4. The third kappa shape index (κ3) is 3.27. The minimum Gasteiger partial charge on any atom is -0.277 e. The van der Waals surface area contributed by atoms with E-state index in [0.717, 1.165) is 0 Å². The minimum absolute atomic E-state index is 0. The molecule has 0 radical (unpaired) electrons. The third-order valence-corrected chi connectivity index (χ3v) is 3.72. The Bertz CT molecular complexity index is 595. The molecule has 0 amide bonds. The molecule has 2 rings (SSSR count). The van der Waals surface area contributed by atoms with E-state index in [4.69, 9.17) is 4.55 Å². The molecule has 0 unspecified atom stereocenters. The number of hydrogen-bond donors (Lipinski definition) is 1. The number of benzene rings is 1. The van der Waals surface area contributed by atoms with Crippen LogP contribution in [-0.2, 0) is 29.6 Å². The van der Waals surface area contributed by atoms with Gasteiger partial charge in [-0.05, 0) is 18.2 Å². The number of aromatic nitrogens is 1. The van der Waals surface area contributed by atoms with Crippen molar-refractivity contribution in [3.63, 3.8) is 0 Å². The Balaban J connectivity index is 0.00000128. The van der Waals surface area contributed by atoms with E-state index in [0.29, 0.717) is 26.6 Å². The Labute approximate surface area is 110 Å². The van der Waals surface area contributed by atoms with Crippen LogP contribution in [-0.4, -0.2) is 18.0 Å². The molecule has 0 aliphatic heterocycles. The van der Waals surface area contributed by atoms with Crippen molar-refractivity contribution in [1.82, 2.24) is 4.98 Å². The first-order valence-electron chi connectivity index (χ1n) is 4.07. The van der Waals surface area contributed by atoms with E-state index in [1.54, 1.807) is 36.5 Å². The molecule has 0 aliphatic carbocycles. The molecule has 0 atom stereocenters. The molecule has 1 aromatic carbocycles. The van der Waals surface area contributed by atoms with Gasteiger partial charge in [0.05, 0.1) is 5.52 Å². The predicted molar refractivity (Wildman–Crippen MR) is 59.1 cm³/mol. The molecule has 0 fully saturated rings. The first-order valence-corrected chi connectivity index (χ1v) is 6.84. The molecular formula is C9H7NO3PdS2. The topological polar surface area (TPSA) is 67.3 Å². The average Bonchev–Trinajstić information content (AvgIpc) is 2.16. The predicted octanol–water partition coefficient (Wildman–Crippen LogP) is 2.13. The van der Waals surface area contributed by atoms with Crippen LogP contribution in [0.15, 0.2) is 41.4 Å². The van der Waals surface area contributed by atoms with Crippen LogP contribution in [0.2, 0.25) is 0 Å². The Morgan fingerprint density at radius 1 is 1.19 bits per heavy atom. The Hall–Kier alpha value is -0.448. The summed E-state index contributed by atoms with van der Waals surface area (Å²) in [6.45, 7) is 0. The van der Waals surface area contributed by atoms with Gasteiger partial charge in [-0.2, -0.15) is 8.42 Å². The van der Waals surface area contributed by atoms with Gasteiger partial charge >= 0.3 is 9.15 Å². The van der Waals surface area contributed by atoms with Crippen molar-refractivity contribution >= 4 is 30.8 Å². The third-order valence-electron chi connectivity index (χ3n) is 1.80. The van der Waals surface area contributed by atoms with Crippen molar-refractivity contribution in [3.05, 3.63) is 36.5 Å². The van der Waals surface area contributed by atoms with Crippen molar-refractivity contribution in [1.29, 1.82) is 0 Å². The molecule has 0 spiro atoms. The maximum absolute atomic E-state index is 10.7. The average molecular weight is 348 g/mol. The smallest absolute Gasteiger partial charge is 0.277 e. The molecule has 1 N–H and O–H groups in total. The normalized spacial score (nSPS) is 11.1. The second-order valence-corrected chi connectivity index (χ2v) is 6.06. The zero-order valence-electron chi connectivity index (χ0n) is 7.81. The Morgan fingerprint density at radius 3 is 2.62 bits per heavy atom. The molecule has 1 aromatic heterocycles. The van der Waals surface area contributed by atoms with Gasteiger partial charge < -0.3 is 0 Å². The summed E-state index contributed by atoms with van der Waals surface area (Å²) in [5, 5.41) is 0.711. The van der Waals surface area contributed by atoms with Gasteiger partial charge in [-0.15, -0.1) is 0 Å². The summed E-state index contributed by atoms with van der Waals surface area (Å²) < 4.78 is 30.2. The summed E-state index contributed by atoms with van der Waals surface area (Å²) in [6, 6.07) is 8.58.